The zero-order valence-corrected chi connectivity index (χ0v) is 23.5. The molecule has 0 radical (unpaired) electrons. The van der Waals surface area contributed by atoms with Crippen molar-refractivity contribution in [3.05, 3.63) is 179 Å². The van der Waals surface area contributed by atoms with Crippen molar-refractivity contribution in [3.8, 4) is 0 Å². The van der Waals surface area contributed by atoms with Crippen LogP contribution in [0.5, 0.6) is 0 Å². The van der Waals surface area contributed by atoms with E-state index in [4.69, 9.17) is 0 Å². The van der Waals surface area contributed by atoms with E-state index in [1.165, 1.54) is 44.5 Å². The van der Waals surface area contributed by atoms with Crippen molar-refractivity contribution >= 4 is 12.2 Å². The van der Waals surface area contributed by atoms with E-state index in [-0.39, 0.29) is 5.41 Å². The van der Waals surface area contributed by atoms with Crippen LogP contribution >= 0.6 is 0 Å². The van der Waals surface area contributed by atoms with Crippen LogP contribution in [-0.4, -0.2) is 0 Å². The van der Waals surface area contributed by atoms with Gasteiger partial charge < -0.3 is 0 Å². The fourth-order valence-corrected chi connectivity index (χ4v) is 5.21. The van der Waals surface area contributed by atoms with Gasteiger partial charge >= 0.3 is 0 Å². The van der Waals surface area contributed by atoms with Gasteiger partial charge in [0, 0.05) is 5.41 Å². The molecule has 0 heterocycles. The number of hydrogen-bond acceptors (Lipinski definition) is 0. The van der Waals surface area contributed by atoms with Gasteiger partial charge in [-0.2, -0.15) is 0 Å². The van der Waals surface area contributed by atoms with E-state index in [2.05, 4.69) is 125 Å². The van der Waals surface area contributed by atoms with Crippen molar-refractivity contribution < 1.29 is 0 Å². The van der Waals surface area contributed by atoms with E-state index < -0.39 is 0 Å². The normalized spacial score (nSPS) is 11.1. The molecule has 4 rings (SSSR count). The highest BCUT2D eigenvalue weighted by atomic mass is 14.3. The van der Waals surface area contributed by atoms with E-state index in [1.807, 2.05) is 24.3 Å². The Hall–Kier alpha value is -4.16. The quantitative estimate of drug-likeness (QED) is 0.167. The first-order chi connectivity index (χ1) is 18.9. The molecule has 0 N–H and O–H groups in total. The second-order valence-corrected chi connectivity index (χ2v) is 10.8. The van der Waals surface area contributed by atoms with Crippen LogP contribution in [0, 0.1) is 0 Å². The highest BCUT2D eigenvalue weighted by Gasteiger charge is 2.25. The molecular formula is C39H40. The van der Waals surface area contributed by atoms with Crippen molar-refractivity contribution in [2.75, 3.05) is 0 Å². The molecule has 0 nitrogen and oxygen atoms in total. The van der Waals surface area contributed by atoms with Gasteiger partial charge in [0.1, 0.15) is 0 Å². The third-order valence-electron chi connectivity index (χ3n) is 7.80. The predicted octanol–water partition coefficient (Wildman–Crippen LogP) is 9.94. The monoisotopic (exact) mass is 508 g/mol. The van der Waals surface area contributed by atoms with Gasteiger partial charge in [0.05, 0.1) is 0 Å². The summed E-state index contributed by atoms with van der Waals surface area (Å²) in [5.74, 6) is 0. The van der Waals surface area contributed by atoms with E-state index in [1.54, 1.807) is 0 Å². The summed E-state index contributed by atoms with van der Waals surface area (Å²) in [5, 5.41) is 0. The van der Waals surface area contributed by atoms with Gasteiger partial charge in [-0.05, 0) is 81.3 Å². The second-order valence-electron chi connectivity index (χ2n) is 10.8. The van der Waals surface area contributed by atoms with Crippen LogP contribution in [-0.2, 0) is 31.1 Å². The third-order valence-corrected chi connectivity index (χ3v) is 7.80. The van der Waals surface area contributed by atoms with Crippen molar-refractivity contribution in [1.82, 2.24) is 0 Å². The number of allylic oxidation sites excluding steroid dienone is 2. The minimum atomic E-state index is -0.139. The topological polar surface area (TPSA) is 0 Å². The largest absolute Gasteiger partial charge is 0.103 e. The number of rotatable bonds is 12. The minimum Gasteiger partial charge on any atom is -0.103 e. The Labute approximate surface area is 235 Å². The van der Waals surface area contributed by atoms with Crippen molar-refractivity contribution in [1.29, 1.82) is 0 Å². The maximum absolute atomic E-state index is 4.04. The Morgan fingerprint density at radius 3 is 1.23 bits per heavy atom. The molecule has 0 saturated heterocycles. The van der Waals surface area contributed by atoms with Crippen molar-refractivity contribution in [2.24, 2.45) is 0 Å². The van der Waals surface area contributed by atoms with Gasteiger partial charge in [-0.1, -0.05) is 136 Å². The fourth-order valence-electron chi connectivity index (χ4n) is 5.21. The van der Waals surface area contributed by atoms with Crippen molar-refractivity contribution in [2.45, 2.75) is 44.9 Å². The Balaban J connectivity index is 1.64. The summed E-state index contributed by atoms with van der Waals surface area (Å²) >= 11 is 0. The Bertz CT molecular complexity index is 1350. The second kappa shape index (κ2) is 12.6. The van der Waals surface area contributed by atoms with Crippen molar-refractivity contribution in [3.63, 3.8) is 0 Å². The lowest BCUT2D eigenvalue weighted by Crippen LogP contribution is -2.20. The van der Waals surface area contributed by atoms with Crippen LogP contribution in [0.3, 0.4) is 0 Å². The molecule has 0 spiro atoms. The molecule has 0 saturated carbocycles. The Kier molecular flexibility index (Phi) is 8.99. The fraction of sp³-hybridized carbons (Fsp3) is 0.179. The van der Waals surface area contributed by atoms with Crippen LogP contribution in [0.4, 0.5) is 0 Å². The average Bonchev–Trinajstić information content (AvgIpc) is 2.96. The zero-order chi connectivity index (χ0) is 27.8. The molecule has 0 atom stereocenters. The molecule has 0 amide bonds. The first kappa shape index (κ1) is 27.9. The zero-order valence-electron chi connectivity index (χ0n) is 23.5. The Morgan fingerprint density at radius 1 is 0.513 bits per heavy atom. The van der Waals surface area contributed by atoms with Crippen LogP contribution in [0.25, 0.3) is 12.2 Å². The Morgan fingerprint density at radius 2 is 0.897 bits per heavy atom. The SMILES string of the molecule is C=CCc1cc(C(C)(C)c2ccc(Cc3ccc(C=C)cc3)c(CC=C)c2)ccc1Cc1ccc(C=C)cc1. The smallest absolute Gasteiger partial charge is 0.0146 e. The van der Waals surface area contributed by atoms with Gasteiger partial charge in [-0.15, -0.1) is 13.2 Å². The first-order valence-corrected chi connectivity index (χ1v) is 13.8. The van der Waals surface area contributed by atoms with E-state index in [0.29, 0.717) is 0 Å². The lowest BCUT2D eigenvalue weighted by Gasteiger charge is -2.28. The summed E-state index contributed by atoms with van der Waals surface area (Å²) in [4.78, 5) is 0. The van der Waals surface area contributed by atoms with Crippen LogP contribution in [0.1, 0.15) is 69.5 Å². The van der Waals surface area contributed by atoms with Gasteiger partial charge in [0.15, 0.2) is 0 Å². The summed E-state index contributed by atoms with van der Waals surface area (Å²) in [6.07, 6.45) is 11.3. The lowest BCUT2D eigenvalue weighted by atomic mass is 9.75. The number of hydrogen-bond donors (Lipinski definition) is 0. The van der Waals surface area contributed by atoms with Gasteiger partial charge in [-0.25, -0.2) is 0 Å². The summed E-state index contributed by atoms with van der Waals surface area (Å²) in [6, 6.07) is 31.3. The molecule has 0 aliphatic rings. The highest BCUT2D eigenvalue weighted by molar-refractivity contribution is 5.50. The minimum absolute atomic E-state index is 0.139. The summed E-state index contributed by atoms with van der Waals surface area (Å²) in [7, 11) is 0. The molecule has 0 aliphatic heterocycles. The predicted molar refractivity (Wildman–Crippen MR) is 171 cm³/mol. The molecule has 39 heavy (non-hydrogen) atoms. The van der Waals surface area contributed by atoms with Crippen LogP contribution in [0.2, 0.25) is 0 Å². The molecule has 0 fully saturated rings. The van der Waals surface area contributed by atoms with Gasteiger partial charge in [0.25, 0.3) is 0 Å². The first-order valence-electron chi connectivity index (χ1n) is 13.8. The maximum atomic E-state index is 4.04. The van der Waals surface area contributed by atoms with E-state index >= 15 is 0 Å². The van der Waals surface area contributed by atoms with Crippen LogP contribution < -0.4 is 0 Å². The standard InChI is InChI=1S/C39H40/c1-7-11-33-27-37(23-21-35(33)25-31-17-13-29(9-3)14-18-31)39(5,6)38-24-22-36(34(28-38)12-8-2)26-32-19-15-30(10-4)16-20-32/h7-10,13-24,27-28H,1-4,11-12,25-26H2,5-6H3. The van der Waals surface area contributed by atoms with E-state index in [0.717, 1.165) is 36.8 Å². The summed E-state index contributed by atoms with van der Waals surface area (Å²) in [5.41, 5.74) is 12.8. The molecular weight excluding hydrogens is 468 g/mol. The van der Waals surface area contributed by atoms with E-state index in [9.17, 15) is 0 Å². The van der Waals surface area contributed by atoms with Gasteiger partial charge in [-0.3, -0.25) is 0 Å². The molecule has 0 heteroatoms. The molecule has 4 aromatic rings. The molecule has 196 valence electrons. The molecule has 4 aromatic carbocycles. The molecule has 0 unspecified atom stereocenters. The molecule has 0 aliphatic carbocycles. The average molecular weight is 509 g/mol. The van der Waals surface area contributed by atoms with Crippen LogP contribution in [0.15, 0.2) is 123 Å². The maximum Gasteiger partial charge on any atom is 0.0146 e. The molecule has 0 bridgehead atoms. The molecule has 0 aromatic heterocycles. The summed E-state index contributed by atoms with van der Waals surface area (Å²) in [6.45, 7) is 20.5. The number of benzene rings is 4. The third kappa shape index (κ3) is 6.65. The summed E-state index contributed by atoms with van der Waals surface area (Å²) < 4.78 is 0. The van der Waals surface area contributed by atoms with Gasteiger partial charge in [0.2, 0.25) is 0 Å². The highest BCUT2D eigenvalue weighted by Crippen LogP contribution is 2.35. The lowest BCUT2D eigenvalue weighted by molar-refractivity contribution is 0.638.